The molecule has 0 bridgehead atoms. The molecule has 0 spiro atoms. The van der Waals surface area contributed by atoms with Gasteiger partial charge in [0.05, 0.1) is 22.4 Å². The summed E-state index contributed by atoms with van der Waals surface area (Å²) in [7, 11) is 0. The standard InChI is InChI=1S/C18H12ClNO4/c1-11(19)10-24-18(23)12-5-4-6-13(9-12)20-16(21)14-7-2-3-8-15(14)17(20)22/h2-9H,1,10H2. The Labute approximate surface area is 143 Å². The Morgan fingerprint density at radius 1 is 1.04 bits per heavy atom. The molecule has 0 N–H and O–H groups in total. The van der Waals surface area contributed by atoms with Crippen molar-refractivity contribution in [1.82, 2.24) is 0 Å². The van der Waals surface area contributed by atoms with Gasteiger partial charge in [0.25, 0.3) is 11.8 Å². The Hall–Kier alpha value is -2.92. The summed E-state index contributed by atoms with van der Waals surface area (Å²) in [6.07, 6.45) is 0. The first kappa shape index (κ1) is 16.0. The number of carbonyl (C=O) groups excluding carboxylic acids is 3. The smallest absolute Gasteiger partial charge is 0.338 e. The number of carbonyl (C=O) groups is 3. The van der Waals surface area contributed by atoms with Gasteiger partial charge in [0, 0.05) is 5.03 Å². The number of fused-ring (bicyclic) bond motifs is 1. The maximum atomic E-state index is 12.5. The molecular weight excluding hydrogens is 330 g/mol. The van der Waals surface area contributed by atoms with Gasteiger partial charge in [-0.2, -0.15) is 0 Å². The molecule has 1 aliphatic heterocycles. The molecule has 120 valence electrons. The minimum absolute atomic E-state index is 0.113. The van der Waals surface area contributed by atoms with E-state index in [1.165, 1.54) is 12.1 Å². The van der Waals surface area contributed by atoms with E-state index in [9.17, 15) is 14.4 Å². The highest BCUT2D eigenvalue weighted by Crippen LogP contribution is 2.28. The lowest BCUT2D eigenvalue weighted by atomic mass is 10.1. The van der Waals surface area contributed by atoms with E-state index in [2.05, 4.69) is 6.58 Å². The molecule has 5 nitrogen and oxygen atoms in total. The Morgan fingerprint density at radius 3 is 2.25 bits per heavy atom. The Morgan fingerprint density at radius 2 is 1.67 bits per heavy atom. The van der Waals surface area contributed by atoms with Crippen LogP contribution in [-0.2, 0) is 4.74 Å². The lowest BCUT2D eigenvalue weighted by molar-refractivity contribution is 0.0545. The van der Waals surface area contributed by atoms with Gasteiger partial charge < -0.3 is 4.74 Å². The fourth-order valence-electron chi connectivity index (χ4n) is 2.42. The van der Waals surface area contributed by atoms with E-state index in [0.717, 1.165) is 4.90 Å². The molecule has 0 radical (unpaired) electrons. The summed E-state index contributed by atoms with van der Waals surface area (Å²) in [6, 6.07) is 12.7. The number of imide groups is 1. The van der Waals surface area contributed by atoms with Crippen LogP contribution in [-0.4, -0.2) is 24.4 Å². The topological polar surface area (TPSA) is 63.7 Å². The molecule has 2 aromatic rings. The Kier molecular flexibility index (Phi) is 4.18. The fraction of sp³-hybridized carbons (Fsp3) is 0.0556. The molecule has 24 heavy (non-hydrogen) atoms. The number of hydrogen-bond acceptors (Lipinski definition) is 4. The van der Waals surface area contributed by atoms with Crippen LogP contribution >= 0.6 is 11.6 Å². The molecule has 6 heteroatoms. The van der Waals surface area contributed by atoms with Crippen molar-refractivity contribution in [3.8, 4) is 0 Å². The van der Waals surface area contributed by atoms with Crippen LogP contribution in [0, 0.1) is 0 Å². The van der Waals surface area contributed by atoms with Crippen molar-refractivity contribution in [2.24, 2.45) is 0 Å². The van der Waals surface area contributed by atoms with Gasteiger partial charge in [-0.15, -0.1) is 0 Å². The SMILES string of the molecule is C=C(Cl)COC(=O)c1cccc(N2C(=O)c3ccccc3C2=O)c1. The summed E-state index contributed by atoms with van der Waals surface area (Å²) in [5.74, 6) is -1.46. The maximum absolute atomic E-state index is 12.5. The molecule has 0 aliphatic carbocycles. The number of rotatable bonds is 4. The van der Waals surface area contributed by atoms with Crippen LogP contribution < -0.4 is 4.90 Å². The Balaban J connectivity index is 1.90. The normalized spacial score (nSPS) is 13.0. The zero-order valence-corrected chi connectivity index (χ0v) is 13.2. The number of nitrogens with zero attached hydrogens (tertiary/aromatic N) is 1. The molecule has 0 fully saturated rings. The monoisotopic (exact) mass is 341 g/mol. The fourth-order valence-corrected chi connectivity index (χ4v) is 2.48. The number of hydrogen-bond donors (Lipinski definition) is 0. The van der Waals surface area contributed by atoms with E-state index < -0.39 is 17.8 Å². The van der Waals surface area contributed by atoms with Gasteiger partial charge in [-0.25, -0.2) is 9.69 Å². The second-order valence-electron chi connectivity index (χ2n) is 5.14. The van der Waals surface area contributed by atoms with Gasteiger partial charge in [0.1, 0.15) is 6.61 Å². The van der Waals surface area contributed by atoms with E-state index in [-0.39, 0.29) is 17.2 Å². The van der Waals surface area contributed by atoms with Gasteiger partial charge in [-0.05, 0) is 30.3 Å². The van der Waals surface area contributed by atoms with Crippen LogP contribution in [0.3, 0.4) is 0 Å². The van der Waals surface area contributed by atoms with Crippen molar-refractivity contribution in [2.45, 2.75) is 0 Å². The first-order valence-corrected chi connectivity index (χ1v) is 7.45. The summed E-state index contributed by atoms with van der Waals surface area (Å²) in [6.45, 7) is 3.32. The minimum Gasteiger partial charge on any atom is -0.456 e. The summed E-state index contributed by atoms with van der Waals surface area (Å²) in [5.41, 5.74) is 1.20. The highest BCUT2D eigenvalue weighted by Gasteiger charge is 2.36. The highest BCUT2D eigenvalue weighted by molar-refractivity contribution is 6.34. The van der Waals surface area contributed by atoms with Gasteiger partial charge in [-0.1, -0.05) is 36.4 Å². The zero-order chi connectivity index (χ0) is 17.3. The molecule has 3 rings (SSSR count). The Bertz CT molecular complexity index is 840. The average Bonchev–Trinajstić information content (AvgIpc) is 2.84. The summed E-state index contributed by atoms with van der Waals surface area (Å²) >= 11 is 5.56. The molecular formula is C18H12ClNO4. The number of benzene rings is 2. The molecule has 2 amide bonds. The van der Waals surface area contributed by atoms with E-state index in [1.807, 2.05) is 0 Å². The van der Waals surface area contributed by atoms with Crippen molar-refractivity contribution in [3.05, 3.63) is 76.8 Å². The van der Waals surface area contributed by atoms with Crippen molar-refractivity contribution < 1.29 is 19.1 Å². The quantitative estimate of drug-likeness (QED) is 0.631. The summed E-state index contributed by atoms with van der Waals surface area (Å²) in [5, 5.41) is 0.194. The first-order chi connectivity index (χ1) is 11.5. The van der Waals surface area contributed by atoms with E-state index >= 15 is 0 Å². The molecule has 1 aliphatic rings. The van der Waals surface area contributed by atoms with Crippen LogP contribution in [0.4, 0.5) is 5.69 Å². The largest absolute Gasteiger partial charge is 0.456 e. The lowest BCUT2D eigenvalue weighted by Crippen LogP contribution is -2.29. The molecule has 1 heterocycles. The third-order valence-electron chi connectivity index (χ3n) is 3.49. The van der Waals surface area contributed by atoms with Crippen LogP contribution in [0.1, 0.15) is 31.1 Å². The minimum atomic E-state index is -0.616. The van der Waals surface area contributed by atoms with E-state index in [1.54, 1.807) is 36.4 Å². The van der Waals surface area contributed by atoms with Gasteiger partial charge >= 0.3 is 5.97 Å². The molecule has 2 aromatic carbocycles. The number of anilines is 1. The molecule has 0 atom stereocenters. The summed E-state index contributed by atoms with van der Waals surface area (Å²) < 4.78 is 4.96. The number of halogens is 1. The summed E-state index contributed by atoms with van der Waals surface area (Å²) in [4.78, 5) is 38.0. The van der Waals surface area contributed by atoms with Gasteiger partial charge in [0.15, 0.2) is 0 Å². The van der Waals surface area contributed by atoms with Crippen LogP contribution in [0.2, 0.25) is 0 Å². The zero-order valence-electron chi connectivity index (χ0n) is 12.5. The van der Waals surface area contributed by atoms with E-state index in [0.29, 0.717) is 16.8 Å². The van der Waals surface area contributed by atoms with Gasteiger partial charge in [0.2, 0.25) is 0 Å². The average molecular weight is 342 g/mol. The second kappa shape index (κ2) is 6.29. The third-order valence-corrected chi connectivity index (χ3v) is 3.60. The first-order valence-electron chi connectivity index (χ1n) is 7.07. The predicted molar refractivity (Wildman–Crippen MR) is 89.3 cm³/mol. The second-order valence-corrected chi connectivity index (χ2v) is 5.67. The maximum Gasteiger partial charge on any atom is 0.338 e. The number of esters is 1. The molecule has 0 unspecified atom stereocenters. The van der Waals surface area contributed by atoms with Crippen LogP contribution in [0.15, 0.2) is 60.1 Å². The van der Waals surface area contributed by atoms with Crippen molar-refractivity contribution >= 4 is 35.1 Å². The predicted octanol–water partition coefficient (Wildman–Crippen LogP) is 3.40. The number of ether oxygens (including phenoxy) is 1. The van der Waals surface area contributed by atoms with E-state index in [4.69, 9.17) is 16.3 Å². The highest BCUT2D eigenvalue weighted by atomic mass is 35.5. The third kappa shape index (κ3) is 2.81. The molecule has 0 aromatic heterocycles. The van der Waals surface area contributed by atoms with Crippen LogP contribution in [0.5, 0.6) is 0 Å². The van der Waals surface area contributed by atoms with Gasteiger partial charge in [-0.3, -0.25) is 9.59 Å². The molecule has 0 saturated carbocycles. The van der Waals surface area contributed by atoms with Crippen molar-refractivity contribution in [3.63, 3.8) is 0 Å². The van der Waals surface area contributed by atoms with Crippen LogP contribution in [0.25, 0.3) is 0 Å². The van der Waals surface area contributed by atoms with Crippen molar-refractivity contribution in [1.29, 1.82) is 0 Å². The molecule has 0 saturated heterocycles. The lowest BCUT2D eigenvalue weighted by Gasteiger charge is -2.14. The number of amides is 2. The van der Waals surface area contributed by atoms with Crippen molar-refractivity contribution in [2.75, 3.05) is 11.5 Å².